The van der Waals surface area contributed by atoms with E-state index in [1.54, 1.807) is 0 Å². The zero-order chi connectivity index (χ0) is 16.4. The highest BCUT2D eigenvalue weighted by Gasteiger charge is 2.31. The molecule has 1 heterocycles. The van der Waals surface area contributed by atoms with E-state index in [0.717, 1.165) is 36.6 Å². The van der Waals surface area contributed by atoms with E-state index in [9.17, 15) is 14.7 Å². The normalized spacial score (nSPS) is 21.8. The van der Waals surface area contributed by atoms with Crippen molar-refractivity contribution in [2.24, 2.45) is 13.0 Å². The number of aryl methyl sites for hydroxylation is 1. The van der Waals surface area contributed by atoms with Crippen LogP contribution in [-0.2, 0) is 11.8 Å². The van der Waals surface area contributed by atoms with Crippen LogP contribution in [0.4, 0.5) is 0 Å². The van der Waals surface area contributed by atoms with E-state index in [-0.39, 0.29) is 11.9 Å². The second-order valence-electron chi connectivity index (χ2n) is 6.31. The van der Waals surface area contributed by atoms with Crippen LogP contribution in [0.15, 0.2) is 30.3 Å². The fourth-order valence-electron chi connectivity index (χ4n) is 3.53. The van der Waals surface area contributed by atoms with Crippen LogP contribution in [0.2, 0.25) is 0 Å². The lowest BCUT2D eigenvalue weighted by atomic mass is 9.95. The van der Waals surface area contributed by atoms with Gasteiger partial charge in [0.05, 0.1) is 5.92 Å². The fourth-order valence-corrected chi connectivity index (χ4v) is 3.53. The second-order valence-corrected chi connectivity index (χ2v) is 6.31. The number of carboxylic acids is 1. The molecule has 0 aliphatic heterocycles. The van der Waals surface area contributed by atoms with Crippen LogP contribution in [0.3, 0.4) is 0 Å². The lowest BCUT2D eigenvalue weighted by Gasteiger charge is -2.23. The van der Waals surface area contributed by atoms with Crippen molar-refractivity contribution in [1.29, 1.82) is 0 Å². The number of carbonyl (C=O) groups excluding carboxylic acids is 1. The lowest BCUT2D eigenvalue weighted by molar-refractivity contribution is -0.142. The summed E-state index contributed by atoms with van der Waals surface area (Å²) in [5.74, 6) is -1.49. The van der Waals surface area contributed by atoms with Gasteiger partial charge in [-0.2, -0.15) is 0 Å². The number of nitrogens with one attached hydrogen (secondary N) is 1. The number of carboxylic acid groups (broad SMARTS) is 1. The van der Waals surface area contributed by atoms with E-state index in [1.165, 1.54) is 0 Å². The summed E-state index contributed by atoms with van der Waals surface area (Å²) in [6.07, 6.45) is 4.27. The molecule has 23 heavy (non-hydrogen) atoms. The zero-order valence-corrected chi connectivity index (χ0v) is 13.3. The van der Waals surface area contributed by atoms with Gasteiger partial charge in [-0.05, 0) is 25.0 Å². The smallest absolute Gasteiger partial charge is 0.308 e. The summed E-state index contributed by atoms with van der Waals surface area (Å²) in [6, 6.07) is 9.39. The summed E-state index contributed by atoms with van der Waals surface area (Å²) in [7, 11) is 1.86. The summed E-state index contributed by atoms with van der Waals surface area (Å²) in [5.41, 5.74) is 1.56. The molecule has 5 nitrogen and oxygen atoms in total. The van der Waals surface area contributed by atoms with Crippen LogP contribution in [-0.4, -0.2) is 27.6 Å². The van der Waals surface area contributed by atoms with Crippen molar-refractivity contribution >= 4 is 22.8 Å². The third kappa shape index (κ3) is 3.09. The number of carbonyl (C=O) groups is 2. The molecule has 1 fully saturated rings. The second kappa shape index (κ2) is 6.44. The molecule has 2 unspecified atom stereocenters. The Bertz CT molecular complexity index is 735. The van der Waals surface area contributed by atoms with E-state index >= 15 is 0 Å². The number of aromatic nitrogens is 1. The fraction of sp³-hybridized carbons (Fsp3) is 0.444. The Hall–Kier alpha value is -2.30. The predicted molar refractivity (Wildman–Crippen MR) is 88.4 cm³/mol. The number of nitrogens with zero attached hydrogens (tertiary/aromatic N) is 1. The van der Waals surface area contributed by atoms with Gasteiger partial charge in [-0.1, -0.05) is 37.5 Å². The molecule has 0 bridgehead atoms. The zero-order valence-electron chi connectivity index (χ0n) is 13.3. The predicted octanol–water partition coefficient (Wildman–Crippen LogP) is 2.94. The number of hydrogen-bond acceptors (Lipinski definition) is 2. The highest BCUT2D eigenvalue weighted by molar-refractivity contribution is 5.99. The summed E-state index contributed by atoms with van der Waals surface area (Å²) >= 11 is 0. The van der Waals surface area contributed by atoms with Gasteiger partial charge in [0.1, 0.15) is 5.69 Å². The maximum absolute atomic E-state index is 12.7. The van der Waals surface area contributed by atoms with Crippen LogP contribution in [0.1, 0.15) is 42.6 Å². The largest absolute Gasteiger partial charge is 0.481 e. The maximum atomic E-state index is 12.7. The number of amides is 1. The van der Waals surface area contributed by atoms with Crippen LogP contribution in [0.25, 0.3) is 10.9 Å². The average Bonchev–Trinajstić information content (AvgIpc) is 2.71. The number of hydrogen-bond donors (Lipinski definition) is 2. The average molecular weight is 314 g/mol. The number of rotatable bonds is 3. The van der Waals surface area contributed by atoms with Gasteiger partial charge < -0.3 is 15.0 Å². The third-order valence-electron chi connectivity index (χ3n) is 4.83. The molecule has 1 aliphatic carbocycles. The maximum Gasteiger partial charge on any atom is 0.308 e. The number of para-hydroxylation sites is 1. The monoisotopic (exact) mass is 314 g/mol. The highest BCUT2D eigenvalue weighted by Crippen LogP contribution is 2.25. The molecule has 0 saturated heterocycles. The van der Waals surface area contributed by atoms with Gasteiger partial charge in [0.2, 0.25) is 0 Å². The standard InChI is InChI=1S/C18H22N2O3/c1-20-15-10-6-5-7-12(15)11-16(20)17(21)19-14-9-4-2-3-8-13(14)18(22)23/h5-7,10-11,13-14H,2-4,8-9H2,1H3,(H,19,21)(H,22,23). The van der Waals surface area contributed by atoms with Crippen LogP contribution in [0.5, 0.6) is 0 Å². The quantitative estimate of drug-likeness (QED) is 0.856. The summed E-state index contributed by atoms with van der Waals surface area (Å²) in [4.78, 5) is 24.1. The third-order valence-corrected chi connectivity index (χ3v) is 4.83. The van der Waals surface area contributed by atoms with Crippen molar-refractivity contribution in [3.63, 3.8) is 0 Å². The molecule has 1 aromatic carbocycles. The molecule has 2 N–H and O–H groups in total. The molecule has 0 radical (unpaired) electrons. The van der Waals surface area contributed by atoms with Crippen LogP contribution in [0, 0.1) is 5.92 Å². The lowest BCUT2D eigenvalue weighted by Crippen LogP contribution is -2.43. The first-order chi connectivity index (χ1) is 11.1. The summed E-state index contributed by atoms with van der Waals surface area (Å²) in [6.45, 7) is 0. The highest BCUT2D eigenvalue weighted by atomic mass is 16.4. The van der Waals surface area contributed by atoms with Crippen molar-refractivity contribution in [2.45, 2.75) is 38.1 Å². The molecule has 2 atom stereocenters. The van der Waals surface area contributed by atoms with Gasteiger partial charge in [-0.25, -0.2) is 0 Å². The molecule has 5 heteroatoms. The Kier molecular flexibility index (Phi) is 4.37. The molecular weight excluding hydrogens is 292 g/mol. The molecule has 122 valence electrons. The molecule has 1 aromatic heterocycles. The van der Waals surface area contributed by atoms with Gasteiger partial charge in [-0.3, -0.25) is 9.59 Å². The van der Waals surface area contributed by atoms with Crippen molar-refractivity contribution in [3.05, 3.63) is 36.0 Å². The SMILES string of the molecule is Cn1c(C(=O)NC2CCCCCC2C(=O)O)cc2ccccc21. The molecule has 1 amide bonds. The Labute approximate surface area is 135 Å². The van der Waals surface area contributed by atoms with E-state index < -0.39 is 11.9 Å². The molecule has 3 rings (SSSR count). The van der Waals surface area contributed by atoms with Gasteiger partial charge in [0, 0.05) is 24.0 Å². The van der Waals surface area contributed by atoms with Crippen LogP contribution >= 0.6 is 0 Å². The molecule has 0 spiro atoms. The first kappa shape index (κ1) is 15.6. The van der Waals surface area contributed by atoms with Crippen molar-refractivity contribution in [2.75, 3.05) is 0 Å². The molecule has 1 saturated carbocycles. The first-order valence-corrected chi connectivity index (χ1v) is 8.16. The van der Waals surface area contributed by atoms with Crippen molar-refractivity contribution in [1.82, 2.24) is 9.88 Å². The minimum absolute atomic E-state index is 0.193. The van der Waals surface area contributed by atoms with E-state index in [4.69, 9.17) is 0 Å². The molecular formula is C18H22N2O3. The van der Waals surface area contributed by atoms with E-state index in [1.807, 2.05) is 41.9 Å². The number of aliphatic carboxylic acids is 1. The minimum atomic E-state index is -0.811. The van der Waals surface area contributed by atoms with Gasteiger partial charge in [-0.15, -0.1) is 0 Å². The number of benzene rings is 1. The molecule has 1 aliphatic rings. The summed E-state index contributed by atoms with van der Waals surface area (Å²) < 4.78 is 1.86. The van der Waals surface area contributed by atoms with Crippen molar-refractivity contribution in [3.8, 4) is 0 Å². The van der Waals surface area contributed by atoms with E-state index in [2.05, 4.69) is 5.32 Å². The Morgan fingerprint density at radius 3 is 2.65 bits per heavy atom. The van der Waals surface area contributed by atoms with Gasteiger partial charge >= 0.3 is 5.97 Å². The van der Waals surface area contributed by atoms with Crippen molar-refractivity contribution < 1.29 is 14.7 Å². The van der Waals surface area contributed by atoms with Gasteiger partial charge in [0.25, 0.3) is 5.91 Å². The number of fused-ring (bicyclic) bond motifs is 1. The Morgan fingerprint density at radius 1 is 1.17 bits per heavy atom. The van der Waals surface area contributed by atoms with E-state index in [0.29, 0.717) is 12.1 Å². The minimum Gasteiger partial charge on any atom is -0.481 e. The van der Waals surface area contributed by atoms with Gasteiger partial charge in [0.15, 0.2) is 0 Å². The van der Waals surface area contributed by atoms with Crippen LogP contribution < -0.4 is 5.32 Å². The Balaban J connectivity index is 1.84. The Morgan fingerprint density at radius 2 is 1.91 bits per heavy atom. The molecule has 2 aromatic rings. The topological polar surface area (TPSA) is 71.3 Å². The first-order valence-electron chi connectivity index (χ1n) is 8.16. The summed E-state index contributed by atoms with van der Waals surface area (Å²) in [5, 5.41) is 13.4.